The van der Waals surface area contributed by atoms with Crippen molar-refractivity contribution in [3.05, 3.63) is 11.8 Å². The van der Waals surface area contributed by atoms with Crippen molar-refractivity contribution in [1.29, 1.82) is 0 Å². The van der Waals surface area contributed by atoms with Gasteiger partial charge in [0.15, 0.2) is 0 Å². The molecule has 0 radical (unpaired) electrons. The van der Waals surface area contributed by atoms with Crippen LogP contribution in [0.4, 0.5) is 11.8 Å². The summed E-state index contributed by atoms with van der Waals surface area (Å²) in [6, 6.07) is 0.383. The van der Waals surface area contributed by atoms with Crippen molar-refractivity contribution in [2.24, 2.45) is 17.8 Å². The van der Waals surface area contributed by atoms with E-state index in [-0.39, 0.29) is 18.0 Å². The second kappa shape index (κ2) is 7.59. The highest BCUT2D eigenvalue weighted by molar-refractivity contribution is 5.99. The van der Waals surface area contributed by atoms with Gasteiger partial charge in [0, 0.05) is 31.9 Å². The summed E-state index contributed by atoms with van der Waals surface area (Å²) in [5.41, 5.74) is 0.0846. The first-order chi connectivity index (χ1) is 15.1. The highest BCUT2D eigenvalue weighted by Gasteiger charge is 2.55. The Morgan fingerprint density at radius 2 is 1.97 bits per heavy atom. The predicted octanol–water partition coefficient (Wildman–Crippen LogP) is 1.95. The molecule has 2 saturated heterocycles. The minimum Gasteiger partial charge on any atom is -0.390 e. The van der Waals surface area contributed by atoms with Crippen molar-refractivity contribution in [3.8, 4) is 0 Å². The SMILES string of the molecule is O=C(N[C@H]1C2CC3CC1C[C@@](O)(C3)C2)c1cnc(N[C@@H]2CCOC2)nc1N1CCCC1. The van der Waals surface area contributed by atoms with E-state index in [1.165, 1.54) is 0 Å². The molecular formula is C23H33N5O3. The number of aliphatic hydroxyl groups is 1. The van der Waals surface area contributed by atoms with Gasteiger partial charge in [0.25, 0.3) is 5.91 Å². The lowest BCUT2D eigenvalue weighted by atomic mass is 9.52. The van der Waals surface area contributed by atoms with Gasteiger partial charge in [0.05, 0.1) is 18.2 Å². The number of amides is 1. The van der Waals surface area contributed by atoms with Gasteiger partial charge in [-0.2, -0.15) is 4.98 Å². The molecule has 7 rings (SSSR count). The van der Waals surface area contributed by atoms with Gasteiger partial charge >= 0.3 is 0 Å². The standard InChI is InChI=1S/C23H33N5O3/c29-21(26-19-15-7-14-8-16(19)11-23(30,9-14)10-15)18-12-24-22(25-17-3-6-31-13-17)27-20(18)28-4-1-2-5-28/h12,14-17,19,30H,1-11,13H2,(H,26,29)(H,24,25,27)/t14?,15?,16?,17-,19-,23+/m1/s1. The Morgan fingerprint density at radius 1 is 1.19 bits per heavy atom. The van der Waals surface area contributed by atoms with Gasteiger partial charge in [-0.1, -0.05) is 0 Å². The lowest BCUT2D eigenvalue weighted by Gasteiger charge is -2.58. The molecule has 2 aliphatic heterocycles. The highest BCUT2D eigenvalue weighted by Crippen LogP contribution is 2.55. The monoisotopic (exact) mass is 427 g/mol. The number of carbonyl (C=O) groups is 1. The molecular weight excluding hydrogens is 394 g/mol. The molecule has 4 aliphatic carbocycles. The first-order valence-electron chi connectivity index (χ1n) is 12.1. The van der Waals surface area contributed by atoms with Crippen molar-refractivity contribution in [1.82, 2.24) is 15.3 Å². The van der Waals surface area contributed by atoms with Crippen LogP contribution in [0.5, 0.6) is 0 Å². The van der Waals surface area contributed by atoms with Gasteiger partial charge < -0.3 is 25.4 Å². The number of aromatic nitrogens is 2. The molecule has 3 heterocycles. The number of carbonyl (C=O) groups excluding carboxylic acids is 1. The summed E-state index contributed by atoms with van der Waals surface area (Å²) in [7, 11) is 0. The molecule has 3 N–H and O–H groups in total. The predicted molar refractivity (Wildman–Crippen MR) is 116 cm³/mol. The lowest BCUT2D eigenvalue weighted by molar-refractivity contribution is -0.136. The number of rotatable bonds is 5. The molecule has 0 spiro atoms. The third-order valence-electron chi connectivity index (χ3n) is 8.22. The molecule has 1 aromatic heterocycles. The van der Waals surface area contributed by atoms with Gasteiger partial charge in [-0.3, -0.25) is 4.79 Å². The molecule has 6 fully saturated rings. The van der Waals surface area contributed by atoms with E-state index in [4.69, 9.17) is 9.72 Å². The maximum absolute atomic E-state index is 13.4. The summed E-state index contributed by atoms with van der Waals surface area (Å²) in [5.74, 6) is 2.66. The number of nitrogens with zero attached hydrogens (tertiary/aromatic N) is 3. The summed E-state index contributed by atoms with van der Waals surface area (Å²) in [5, 5.41) is 17.6. The Balaban J connectivity index is 1.23. The second-order valence-electron chi connectivity index (χ2n) is 10.5. The molecule has 4 saturated carbocycles. The Kier molecular flexibility index (Phi) is 4.83. The van der Waals surface area contributed by atoms with Gasteiger partial charge in [0.1, 0.15) is 11.4 Å². The van der Waals surface area contributed by atoms with Crippen molar-refractivity contribution >= 4 is 17.7 Å². The normalized spacial score (nSPS) is 38.6. The van der Waals surface area contributed by atoms with Crippen LogP contribution in [0.3, 0.4) is 0 Å². The number of nitrogens with one attached hydrogen (secondary N) is 2. The molecule has 3 atom stereocenters. The zero-order valence-electron chi connectivity index (χ0n) is 18.1. The van der Waals surface area contributed by atoms with Crippen molar-refractivity contribution < 1.29 is 14.6 Å². The zero-order chi connectivity index (χ0) is 21.0. The minimum absolute atomic E-state index is 0.0675. The molecule has 1 aromatic rings. The van der Waals surface area contributed by atoms with E-state index >= 15 is 0 Å². The average Bonchev–Trinajstić information content (AvgIpc) is 3.43. The second-order valence-corrected chi connectivity index (χ2v) is 10.5. The third kappa shape index (κ3) is 3.67. The zero-order valence-corrected chi connectivity index (χ0v) is 18.1. The largest absolute Gasteiger partial charge is 0.390 e. The van der Waals surface area contributed by atoms with Crippen LogP contribution in [0, 0.1) is 17.8 Å². The summed E-state index contributed by atoms with van der Waals surface area (Å²) in [6.07, 6.45) is 9.75. The van der Waals surface area contributed by atoms with Gasteiger partial charge in [0.2, 0.25) is 5.95 Å². The molecule has 4 bridgehead atoms. The Bertz CT molecular complexity index is 836. The van der Waals surface area contributed by atoms with E-state index in [1.807, 2.05) is 0 Å². The molecule has 0 aromatic carbocycles. The van der Waals surface area contributed by atoms with E-state index in [0.717, 1.165) is 76.9 Å². The van der Waals surface area contributed by atoms with Gasteiger partial charge in [-0.15, -0.1) is 0 Å². The van der Waals surface area contributed by atoms with Crippen LogP contribution in [-0.2, 0) is 4.74 Å². The quantitative estimate of drug-likeness (QED) is 0.660. The fourth-order valence-electron chi connectivity index (χ4n) is 7.05. The fourth-order valence-corrected chi connectivity index (χ4v) is 7.05. The van der Waals surface area contributed by atoms with Crippen LogP contribution < -0.4 is 15.5 Å². The molecule has 1 amide bonds. The van der Waals surface area contributed by atoms with E-state index in [0.29, 0.717) is 35.9 Å². The number of hydrogen-bond donors (Lipinski definition) is 3. The van der Waals surface area contributed by atoms with Crippen molar-refractivity contribution in [2.75, 3.05) is 36.5 Å². The van der Waals surface area contributed by atoms with E-state index in [1.54, 1.807) is 6.20 Å². The van der Waals surface area contributed by atoms with Crippen LogP contribution in [0.15, 0.2) is 6.20 Å². The van der Waals surface area contributed by atoms with Gasteiger partial charge in [-0.05, 0) is 69.1 Å². The Morgan fingerprint density at radius 3 is 2.65 bits per heavy atom. The molecule has 8 heteroatoms. The number of anilines is 2. The van der Waals surface area contributed by atoms with E-state index in [9.17, 15) is 9.90 Å². The molecule has 2 unspecified atom stereocenters. The maximum Gasteiger partial charge on any atom is 0.256 e. The molecule has 31 heavy (non-hydrogen) atoms. The molecule has 168 valence electrons. The summed E-state index contributed by atoms with van der Waals surface area (Å²) in [4.78, 5) is 24.9. The summed E-state index contributed by atoms with van der Waals surface area (Å²) in [6.45, 7) is 3.28. The van der Waals surface area contributed by atoms with Gasteiger partial charge in [-0.25, -0.2) is 4.98 Å². The van der Waals surface area contributed by atoms with Crippen LogP contribution >= 0.6 is 0 Å². The Hall–Kier alpha value is -1.93. The van der Waals surface area contributed by atoms with Crippen LogP contribution in [0.2, 0.25) is 0 Å². The summed E-state index contributed by atoms with van der Waals surface area (Å²) < 4.78 is 5.45. The maximum atomic E-state index is 13.4. The van der Waals surface area contributed by atoms with E-state index < -0.39 is 5.60 Å². The third-order valence-corrected chi connectivity index (χ3v) is 8.22. The summed E-state index contributed by atoms with van der Waals surface area (Å²) >= 11 is 0. The van der Waals surface area contributed by atoms with Crippen molar-refractivity contribution in [3.63, 3.8) is 0 Å². The number of ether oxygens (including phenoxy) is 1. The first-order valence-corrected chi connectivity index (χ1v) is 12.1. The van der Waals surface area contributed by atoms with Crippen LogP contribution in [-0.4, -0.2) is 65.0 Å². The Labute approximate surface area is 183 Å². The smallest absolute Gasteiger partial charge is 0.256 e. The topological polar surface area (TPSA) is 99.6 Å². The molecule has 6 aliphatic rings. The van der Waals surface area contributed by atoms with Crippen LogP contribution in [0.1, 0.15) is 61.7 Å². The van der Waals surface area contributed by atoms with Crippen LogP contribution in [0.25, 0.3) is 0 Å². The molecule has 8 nitrogen and oxygen atoms in total. The van der Waals surface area contributed by atoms with Crippen molar-refractivity contribution in [2.45, 2.75) is 69.1 Å². The minimum atomic E-state index is -0.487. The number of hydrogen-bond acceptors (Lipinski definition) is 7. The average molecular weight is 428 g/mol. The highest BCUT2D eigenvalue weighted by atomic mass is 16.5. The van der Waals surface area contributed by atoms with E-state index in [2.05, 4.69) is 20.5 Å². The lowest BCUT2D eigenvalue weighted by Crippen LogP contribution is -2.61. The fraction of sp³-hybridized carbons (Fsp3) is 0.783. The first kappa shape index (κ1) is 19.7.